The Morgan fingerprint density at radius 2 is 1.82 bits per heavy atom. The third-order valence-electron chi connectivity index (χ3n) is 2.10. The van der Waals surface area contributed by atoms with Gasteiger partial charge in [0.25, 0.3) is 5.91 Å². The predicted molar refractivity (Wildman–Crippen MR) is 74.6 cm³/mol. The Bertz CT molecular complexity index is 282. The van der Waals surface area contributed by atoms with Gasteiger partial charge in [-0.2, -0.15) is 0 Å². The van der Waals surface area contributed by atoms with E-state index in [2.05, 4.69) is 11.7 Å². The Labute approximate surface area is 105 Å². The summed E-state index contributed by atoms with van der Waals surface area (Å²) < 4.78 is 0. The van der Waals surface area contributed by atoms with E-state index >= 15 is 0 Å². The van der Waals surface area contributed by atoms with Crippen LogP contribution in [0, 0.1) is 0 Å². The van der Waals surface area contributed by atoms with Crippen LogP contribution in [0.3, 0.4) is 0 Å². The largest absolute Gasteiger partial charge is 0.289 e. The molecule has 4 heteroatoms. The first kappa shape index (κ1) is 17.8. The minimum absolute atomic E-state index is 0.0663. The van der Waals surface area contributed by atoms with Gasteiger partial charge in [-0.3, -0.25) is 19.8 Å². The second-order valence-corrected chi connectivity index (χ2v) is 3.04. The van der Waals surface area contributed by atoms with Gasteiger partial charge >= 0.3 is 0 Å². The lowest BCUT2D eigenvalue weighted by atomic mass is 10.3. The van der Waals surface area contributed by atoms with Crippen molar-refractivity contribution >= 4 is 12.6 Å². The van der Waals surface area contributed by atoms with E-state index in [1.165, 1.54) is 11.1 Å². The van der Waals surface area contributed by atoms with Crippen LogP contribution in [0.2, 0.25) is 0 Å². The Morgan fingerprint density at radius 1 is 1.29 bits per heavy atom. The van der Waals surface area contributed by atoms with E-state index < -0.39 is 0 Å². The van der Waals surface area contributed by atoms with E-state index in [9.17, 15) is 4.79 Å². The molecule has 0 aromatic carbocycles. The molecule has 0 aliphatic heterocycles. The molecule has 0 saturated heterocycles. The van der Waals surface area contributed by atoms with E-state index in [-0.39, 0.29) is 5.91 Å². The Morgan fingerprint density at radius 3 is 2.18 bits per heavy atom. The lowest BCUT2D eigenvalue weighted by molar-refractivity contribution is -0.135. The van der Waals surface area contributed by atoms with Gasteiger partial charge < -0.3 is 0 Å². The van der Waals surface area contributed by atoms with Crippen LogP contribution in [0.5, 0.6) is 0 Å². The number of hydrogen-bond acceptors (Lipinski definition) is 3. The number of carbonyl (C=O) groups excluding carboxylic acids is 1. The van der Waals surface area contributed by atoms with E-state index in [0.717, 1.165) is 12.1 Å². The normalized spacial score (nSPS) is 10.6. The average Bonchev–Trinajstić information content (AvgIpc) is 2.36. The quantitative estimate of drug-likeness (QED) is 0.420. The fraction of sp³-hybridized carbons (Fsp3) is 0.538. The van der Waals surface area contributed by atoms with Crippen LogP contribution in [-0.2, 0) is 4.79 Å². The van der Waals surface area contributed by atoms with Gasteiger partial charge in [0, 0.05) is 26.4 Å². The van der Waals surface area contributed by atoms with Gasteiger partial charge in [0.2, 0.25) is 0 Å². The van der Waals surface area contributed by atoms with Gasteiger partial charge in [0.15, 0.2) is 0 Å². The lowest BCUT2D eigenvalue weighted by Gasteiger charge is -2.30. The zero-order chi connectivity index (χ0) is 13.8. The van der Waals surface area contributed by atoms with Crippen molar-refractivity contribution in [1.29, 1.82) is 0 Å². The van der Waals surface area contributed by atoms with Crippen LogP contribution in [-0.4, -0.2) is 36.7 Å². The molecule has 0 atom stereocenters. The molecule has 0 aromatic rings. The molecular weight excluding hydrogens is 214 g/mol. The summed E-state index contributed by atoms with van der Waals surface area (Å²) in [6.07, 6.45) is 5.68. The topological polar surface area (TPSA) is 35.9 Å². The molecule has 98 valence electrons. The number of carbonyl (C=O) groups is 1. The second-order valence-electron chi connectivity index (χ2n) is 3.04. The molecule has 0 bridgehead atoms. The second kappa shape index (κ2) is 10.9. The highest BCUT2D eigenvalue weighted by Crippen LogP contribution is 2.09. The van der Waals surface area contributed by atoms with Crippen molar-refractivity contribution in [2.75, 3.05) is 14.1 Å². The van der Waals surface area contributed by atoms with Crippen LogP contribution in [0.4, 0.5) is 0 Å². The first-order chi connectivity index (χ1) is 8.08. The highest BCUT2D eigenvalue weighted by Gasteiger charge is 2.12. The molecule has 0 aromatic heterocycles. The minimum atomic E-state index is -0.0663. The van der Waals surface area contributed by atoms with Gasteiger partial charge in [0.1, 0.15) is 0 Å². The molecule has 0 unspecified atom stereocenters. The minimum Gasteiger partial charge on any atom is -0.289 e. The molecule has 0 aliphatic rings. The zero-order valence-electron chi connectivity index (χ0n) is 11.9. The molecule has 0 heterocycles. The monoisotopic (exact) mass is 239 g/mol. The summed E-state index contributed by atoms with van der Waals surface area (Å²) in [6.45, 7) is 11.2. The van der Waals surface area contributed by atoms with Crippen molar-refractivity contribution in [3.8, 4) is 0 Å². The summed E-state index contributed by atoms with van der Waals surface area (Å²) in [5, 5.41) is 3.29. The molecule has 0 aliphatic carbocycles. The van der Waals surface area contributed by atoms with Crippen LogP contribution in [0.25, 0.3) is 0 Å². The van der Waals surface area contributed by atoms with Gasteiger partial charge in [-0.25, -0.2) is 0 Å². The first-order valence-corrected chi connectivity index (χ1v) is 5.87. The van der Waals surface area contributed by atoms with E-state index in [0.29, 0.717) is 0 Å². The maximum atomic E-state index is 11.5. The lowest BCUT2D eigenvalue weighted by Crippen LogP contribution is -2.39. The molecule has 0 radical (unpaired) electrons. The molecule has 0 fully saturated rings. The summed E-state index contributed by atoms with van der Waals surface area (Å²) in [6, 6.07) is 0. The number of nitrogens with zero attached hydrogens (tertiary/aromatic N) is 3. The predicted octanol–water partition coefficient (Wildman–Crippen LogP) is 2.85. The van der Waals surface area contributed by atoms with E-state index in [1.54, 1.807) is 24.3 Å². The fourth-order valence-electron chi connectivity index (χ4n) is 1.10. The first-order valence-electron chi connectivity index (χ1n) is 5.87. The SMILES string of the molecule is C=N/C=C(/CC)N(C)N(C)C(=O)/C=C\C.CC. The summed E-state index contributed by atoms with van der Waals surface area (Å²) >= 11 is 0. The summed E-state index contributed by atoms with van der Waals surface area (Å²) in [4.78, 5) is 15.2. The Kier molecular flexibility index (Phi) is 11.4. The number of aliphatic imine (C=N–C) groups is 1. The number of rotatable bonds is 5. The van der Waals surface area contributed by atoms with Gasteiger partial charge in [-0.15, -0.1) is 0 Å². The fourth-order valence-corrected chi connectivity index (χ4v) is 1.10. The standard InChI is InChI=1S/C11H19N3O.C2H6/c1-6-8-11(15)14(5)13(4)10(7-2)9-12-3;1-2/h6,8-9H,3,7H2,1-2,4-5H3;1-2H3/b8-6-,10-9-;. The zero-order valence-corrected chi connectivity index (χ0v) is 11.9. The Balaban J connectivity index is 0. The molecule has 0 rings (SSSR count). The Hall–Kier alpha value is -1.58. The summed E-state index contributed by atoms with van der Waals surface area (Å²) in [5.41, 5.74) is 0.936. The van der Waals surface area contributed by atoms with Crippen LogP contribution < -0.4 is 0 Å². The van der Waals surface area contributed by atoms with Crippen molar-refractivity contribution < 1.29 is 4.79 Å². The average molecular weight is 239 g/mol. The van der Waals surface area contributed by atoms with Gasteiger partial charge in [-0.05, 0) is 20.1 Å². The number of hydrogen-bond donors (Lipinski definition) is 0. The highest BCUT2D eigenvalue weighted by molar-refractivity contribution is 5.86. The summed E-state index contributed by atoms with van der Waals surface area (Å²) in [7, 11) is 3.54. The number of likely N-dealkylation sites (N-methyl/N-ethyl adjacent to an activating group) is 1. The number of hydrazine groups is 1. The molecule has 0 N–H and O–H groups in total. The van der Waals surface area contributed by atoms with Crippen LogP contribution >= 0.6 is 0 Å². The maximum absolute atomic E-state index is 11.5. The van der Waals surface area contributed by atoms with Crippen molar-refractivity contribution in [2.24, 2.45) is 4.99 Å². The number of allylic oxidation sites excluding steroid dienone is 2. The third kappa shape index (κ3) is 6.56. The summed E-state index contributed by atoms with van der Waals surface area (Å²) in [5.74, 6) is -0.0663. The molecular formula is C13H25N3O. The molecule has 17 heavy (non-hydrogen) atoms. The van der Waals surface area contributed by atoms with E-state index in [1.807, 2.05) is 34.7 Å². The molecule has 0 saturated carbocycles. The number of amides is 1. The maximum Gasteiger partial charge on any atom is 0.264 e. The smallest absolute Gasteiger partial charge is 0.264 e. The van der Waals surface area contributed by atoms with Crippen molar-refractivity contribution in [3.05, 3.63) is 24.0 Å². The van der Waals surface area contributed by atoms with Crippen molar-refractivity contribution in [2.45, 2.75) is 34.1 Å². The van der Waals surface area contributed by atoms with Gasteiger partial charge in [-0.1, -0.05) is 26.8 Å². The van der Waals surface area contributed by atoms with Crippen molar-refractivity contribution in [1.82, 2.24) is 10.0 Å². The van der Waals surface area contributed by atoms with Crippen LogP contribution in [0.15, 0.2) is 29.0 Å². The van der Waals surface area contributed by atoms with Crippen molar-refractivity contribution in [3.63, 3.8) is 0 Å². The van der Waals surface area contributed by atoms with Gasteiger partial charge in [0.05, 0.1) is 5.70 Å². The van der Waals surface area contributed by atoms with E-state index in [4.69, 9.17) is 0 Å². The highest BCUT2D eigenvalue weighted by atomic mass is 16.2. The third-order valence-corrected chi connectivity index (χ3v) is 2.10. The molecule has 0 spiro atoms. The molecule has 1 amide bonds. The van der Waals surface area contributed by atoms with Crippen LogP contribution in [0.1, 0.15) is 34.1 Å². The molecule has 4 nitrogen and oxygen atoms in total.